The van der Waals surface area contributed by atoms with Crippen molar-refractivity contribution in [3.8, 4) is 6.07 Å². The van der Waals surface area contributed by atoms with E-state index in [1.807, 2.05) is 51.1 Å². The van der Waals surface area contributed by atoms with Crippen LogP contribution in [-0.2, 0) is 14.3 Å². The highest BCUT2D eigenvalue weighted by atomic mass is 16.5. The number of nitrogens with zero attached hydrogens (tertiary/aromatic N) is 1. The summed E-state index contributed by atoms with van der Waals surface area (Å²) >= 11 is 0. The molecule has 0 aliphatic rings. The van der Waals surface area contributed by atoms with E-state index >= 15 is 0 Å². The van der Waals surface area contributed by atoms with Crippen LogP contribution in [0.15, 0.2) is 29.8 Å². The van der Waals surface area contributed by atoms with Crippen molar-refractivity contribution in [1.82, 2.24) is 5.32 Å². The van der Waals surface area contributed by atoms with Gasteiger partial charge in [-0.1, -0.05) is 52.0 Å². The largest absolute Gasteiger partial charge is 0.451 e. The van der Waals surface area contributed by atoms with Gasteiger partial charge in [0.25, 0.3) is 5.91 Å². The van der Waals surface area contributed by atoms with E-state index < -0.39 is 12.6 Å². The molecule has 0 saturated heterocycles. The highest BCUT2D eigenvalue weighted by molar-refractivity contribution is 5.98. The van der Waals surface area contributed by atoms with Gasteiger partial charge in [-0.3, -0.25) is 4.79 Å². The van der Waals surface area contributed by atoms with Crippen molar-refractivity contribution in [2.24, 2.45) is 5.92 Å². The molecule has 0 unspecified atom stereocenters. The Balaban J connectivity index is 2.68. The lowest BCUT2D eigenvalue weighted by Crippen LogP contribution is -2.38. The standard InChI is InChI=1S/C20H26N2O3/c1-13(2)15(5)22-19(23)12-25-20(24)18(11-21)10-16-6-8-17(9-7-16)14(3)4/h6-10,13-15H,12H2,1-5H3,(H,22,23)/b18-10+/t15-/m0/s1. The van der Waals surface area contributed by atoms with Crippen molar-refractivity contribution >= 4 is 18.0 Å². The van der Waals surface area contributed by atoms with Gasteiger partial charge in [-0.25, -0.2) is 4.79 Å². The van der Waals surface area contributed by atoms with Crippen molar-refractivity contribution in [2.45, 2.75) is 46.6 Å². The highest BCUT2D eigenvalue weighted by Crippen LogP contribution is 2.16. The van der Waals surface area contributed by atoms with Crippen LogP contribution in [0.4, 0.5) is 0 Å². The third-order valence-corrected chi connectivity index (χ3v) is 3.98. The van der Waals surface area contributed by atoms with Crippen LogP contribution in [-0.4, -0.2) is 24.5 Å². The summed E-state index contributed by atoms with van der Waals surface area (Å²) in [6, 6.07) is 9.41. The van der Waals surface area contributed by atoms with Crippen LogP contribution >= 0.6 is 0 Å². The van der Waals surface area contributed by atoms with Crippen LogP contribution in [0.2, 0.25) is 0 Å². The van der Waals surface area contributed by atoms with E-state index in [4.69, 9.17) is 10.00 Å². The van der Waals surface area contributed by atoms with Gasteiger partial charge in [0.15, 0.2) is 6.61 Å². The number of carbonyl (C=O) groups excluding carboxylic acids is 2. The number of ether oxygens (including phenoxy) is 1. The van der Waals surface area contributed by atoms with E-state index in [1.54, 1.807) is 0 Å². The summed E-state index contributed by atoms with van der Waals surface area (Å²) in [4.78, 5) is 23.7. The molecule has 1 rings (SSSR count). The van der Waals surface area contributed by atoms with Gasteiger partial charge < -0.3 is 10.1 Å². The first-order valence-corrected chi connectivity index (χ1v) is 8.42. The third-order valence-electron chi connectivity index (χ3n) is 3.98. The summed E-state index contributed by atoms with van der Waals surface area (Å²) in [5.41, 5.74) is 1.77. The molecule has 1 aromatic carbocycles. The SMILES string of the molecule is CC(C)c1ccc(/C=C(\C#N)C(=O)OCC(=O)N[C@@H](C)C(C)C)cc1. The van der Waals surface area contributed by atoms with Crippen molar-refractivity contribution in [3.05, 3.63) is 41.0 Å². The molecule has 0 spiro atoms. The molecule has 1 aromatic rings. The van der Waals surface area contributed by atoms with E-state index in [-0.39, 0.29) is 23.4 Å². The Morgan fingerprint density at radius 3 is 2.24 bits per heavy atom. The summed E-state index contributed by atoms with van der Waals surface area (Å²) in [6.45, 7) is 9.63. The molecular weight excluding hydrogens is 316 g/mol. The Morgan fingerprint density at radius 1 is 1.16 bits per heavy atom. The van der Waals surface area contributed by atoms with Crippen molar-refractivity contribution < 1.29 is 14.3 Å². The fourth-order valence-electron chi connectivity index (χ4n) is 1.95. The van der Waals surface area contributed by atoms with Gasteiger partial charge in [-0.15, -0.1) is 0 Å². The summed E-state index contributed by atoms with van der Waals surface area (Å²) in [7, 11) is 0. The lowest BCUT2D eigenvalue weighted by molar-refractivity contribution is -0.144. The zero-order valence-electron chi connectivity index (χ0n) is 15.5. The van der Waals surface area contributed by atoms with E-state index in [9.17, 15) is 9.59 Å². The van der Waals surface area contributed by atoms with Crippen LogP contribution in [0.25, 0.3) is 6.08 Å². The highest BCUT2D eigenvalue weighted by Gasteiger charge is 2.15. The van der Waals surface area contributed by atoms with E-state index in [0.717, 1.165) is 5.56 Å². The number of hydrogen-bond donors (Lipinski definition) is 1. The van der Waals surface area contributed by atoms with Gasteiger partial charge >= 0.3 is 5.97 Å². The van der Waals surface area contributed by atoms with E-state index in [1.165, 1.54) is 11.6 Å². The first-order chi connectivity index (χ1) is 11.7. The molecule has 5 nitrogen and oxygen atoms in total. The Labute approximate surface area is 149 Å². The monoisotopic (exact) mass is 342 g/mol. The lowest BCUT2D eigenvalue weighted by Gasteiger charge is -2.17. The number of nitriles is 1. The molecule has 0 bridgehead atoms. The Hall–Kier alpha value is -2.61. The summed E-state index contributed by atoms with van der Waals surface area (Å²) in [5, 5.41) is 11.9. The quantitative estimate of drug-likeness (QED) is 0.468. The van der Waals surface area contributed by atoms with Crippen LogP contribution in [0.3, 0.4) is 0 Å². The molecule has 0 fully saturated rings. The first-order valence-electron chi connectivity index (χ1n) is 8.42. The second-order valence-electron chi connectivity index (χ2n) is 6.67. The smallest absolute Gasteiger partial charge is 0.349 e. The molecule has 134 valence electrons. The second kappa shape index (κ2) is 9.63. The lowest BCUT2D eigenvalue weighted by atomic mass is 10.0. The Kier molecular flexibility index (Phi) is 7.87. The topological polar surface area (TPSA) is 79.2 Å². The maximum Gasteiger partial charge on any atom is 0.349 e. The summed E-state index contributed by atoms with van der Waals surface area (Å²) in [5.74, 6) is -0.496. The third kappa shape index (κ3) is 6.80. The zero-order valence-corrected chi connectivity index (χ0v) is 15.5. The Bertz CT molecular complexity index is 667. The number of carbonyl (C=O) groups is 2. The molecule has 0 aromatic heterocycles. The van der Waals surface area contributed by atoms with Crippen LogP contribution in [0.5, 0.6) is 0 Å². The zero-order chi connectivity index (χ0) is 19.0. The van der Waals surface area contributed by atoms with Gasteiger partial charge in [-0.05, 0) is 36.0 Å². The predicted octanol–water partition coefficient (Wildman–Crippen LogP) is 3.42. The van der Waals surface area contributed by atoms with Gasteiger partial charge in [0.05, 0.1) is 0 Å². The van der Waals surface area contributed by atoms with Crippen molar-refractivity contribution in [2.75, 3.05) is 6.61 Å². The summed E-state index contributed by atoms with van der Waals surface area (Å²) < 4.78 is 4.93. The van der Waals surface area contributed by atoms with Crippen LogP contribution in [0, 0.1) is 17.2 Å². The molecule has 0 radical (unpaired) electrons. The number of esters is 1. The van der Waals surface area contributed by atoms with Crippen LogP contribution < -0.4 is 5.32 Å². The molecule has 1 amide bonds. The number of benzene rings is 1. The maximum absolute atomic E-state index is 12.0. The number of hydrogen-bond acceptors (Lipinski definition) is 4. The maximum atomic E-state index is 12.0. The molecule has 0 aliphatic heterocycles. The molecular formula is C20H26N2O3. The van der Waals surface area contributed by atoms with E-state index in [2.05, 4.69) is 19.2 Å². The molecule has 5 heteroatoms. The van der Waals surface area contributed by atoms with Gasteiger partial charge in [0, 0.05) is 6.04 Å². The molecule has 0 aliphatic carbocycles. The predicted molar refractivity (Wildman–Crippen MR) is 97.5 cm³/mol. The number of amides is 1. The number of nitrogens with one attached hydrogen (secondary N) is 1. The molecule has 25 heavy (non-hydrogen) atoms. The molecule has 1 N–H and O–H groups in total. The fraction of sp³-hybridized carbons (Fsp3) is 0.450. The minimum Gasteiger partial charge on any atom is -0.451 e. The molecule has 0 heterocycles. The normalized spacial score (nSPS) is 12.6. The number of rotatable bonds is 7. The van der Waals surface area contributed by atoms with E-state index in [0.29, 0.717) is 5.92 Å². The van der Waals surface area contributed by atoms with Crippen molar-refractivity contribution in [1.29, 1.82) is 5.26 Å². The van der Waals surface area contributed by atoms with Crippen molar-refractivity contribution in [3.63, 3.8) is 0 Å². The Morgan fingerprint density at radius 2 is 1.76 bits per heavy atom. The molecule has 0 saturated carbocycles. The van der Waals surface area contributed by atoms with Crippen LogP contribution in [0.1, 0.15) is 51.7 Å². The minimum absolute atomic E-state index is 0.0170. The second-order valence-corrected chi connectivity index (χ2v) is 6.67. The summed E-state index contributed by atoms with van der Waals surface area (Å²) in [6.07, 6.45) is 1.46. The van der Waals surface area contributed by atoms with Gasteiger partial charge in [0.2, 0.25) is 0 Å². The first kappa shape index (κ1) is 20.4. The average molecular weight is 342 g/mol. The molecule has 1 atom stereocenters. The average Bonchev–Trinajstić information content (AvgIpc) is 2.57. The van der Waals surface area contributed by atoms with Gasteiger partial charge in [0.1, 0.15) is 11.6 Å². The fourth-order valence-corrected chi connectivity index (χ4v) is 1.95. The minimum atomic E-state index is -0.803. The van der Waals surface area contributed by atoms with Gasteiger partial charge in [-0.2, -0.15) is 5.26 Å².